The number of halogens is 6. The summed E-state index contributed by atoms with van der Waals surface area (Å²) in [4.78, 5) is 20.6. The summed E-state index contributed by atoms with van der Waals surface area (Å²) in [5, 5.41) is 21.7. The van der Waals surface area contributed by atoms with Crippen LogP contribution in [0, 0.1) is 10.1 Å². The Hall–Kier alpha value is -3.31. The molecule has 0 unspecified atom stereocenters. The molecule has 0 bridgehead atoms. The van der Waals surface area contributed by atoms with E-state index in [1.807, 2.05) is 0 Å². The van der Waals surface area contributed by atoms with E-state index in [4.69, 9.17) is 4.74 Å². The first-order valence-corrected chi connectivity index (χ1v) is 6.77. The molecule has 2 aromatic carbocycles. The van der Waals surface area contributed by atoms with E-state index >= 15 is 0 Å². The Labute approximate surface area is 145 Å². The Morgan fingerprint density at radius 2 is 1.63 bits per heavy atom. The lowest BCUT2D eigenvalue weighted by Crippen LogP contribution is -2.23. The molecular formula is C15H6F6NO5-. The Morgan fingerprint density at radius 1 is 1.00 bits per heavy atom. The van der Waals surface area contributed by atoms with Crippen LogP contribution >= 0.6 is 0 Å². The molecule has 27 heavy (non-hydrogen) atoms. The number of hydrogen-bond acceptors (Lipinski definition) is 5. The lowest BCUT2D eigenvalue weighted by Gasteiger charge is -2.19. The summed E-state index contributed by atoms with van der Waals surface area (Å²) in [5.74, 6) is -3.94. The van der Waals surface area contributed by atoms with E-state index in [-0.39, 0.29) is 6.07 Å². The Bertz CT molecular complexity index is 907. The summed E-state index contributed by atoms with van der Waals surface area (Å²) in [6, 6.07) is 3.30. The van der Waals surface area contributed by atoms with Crippen LogP contribution in [0.3, 0.4) is 0 Å². The second-order valence-electron chi connectivity index (χ2n) is 5.00. The molecule has 0 amide bonds. The van der Waals surface area contributed by atoms with Crippen LogP contribution in [0.5, 0.6) is 11.5 Å². The second-order valence-corrected chi connectivity index (χ2v) is 5.00. The number of carbonyl (C=O) groups is 1. The summed E-state index contributed by atoms with van der Waals surface area (Å²) in [6.45, 7) is 0. The summed E-state index contributed by atoms with van der Waals surface area (Å²) < 4.78 is 82.9. The molecule has 2 rings (SSSR count). The number of hydrogen-bond donors (Lipinski definition) is 0. The highest BCUT2D eigenvalue weighted by molar-refractivity contribution is 5.91. The van der Waals surface area contributed by atoms with Gasteiger partial charge in [0, 0.05) is 6.07 Å². The molecule has 0 spiro atoms. The Balaban J connectivity index is 2.60. The number of nitro benzene ring substituents is 1. The van der Waals surface area contributed by atoms with E-state index in [2.05, 4.69) is 0 Å². The zero-order valence-electron chi connectivity index (χ0n) is 12.7. The zero-order valence-corrected chi connectivity index (χ0v) is 12.7. The van der Waals surface area contributed by atoms with Gasteiger partial charge in [-0.15, -0.1) is 0 Å². The number of rotatable bonds is 4. The van der Waals surface area contributed by atoms with Gasteiger partial charge in [-0.25, -0.2) is 0 Å². The number of ether oxygens (including phenoxy) is 1. The fraction of sp³-hybridized carbons (Fsp3) is 0.133. The number of carbonyl (C=O) groups excluding carboxylic acids is 1. The number of carboxylic acid groups (broad SMARTS) is 1. The van der Waals surface area contributed by atoms with Crippen LogP contribution < -0.4 is 9.84 Å². The number of nitro groups is 1. The van der Waals surface area contributed by atoms with Crippen molar-refractivity contribution in [2.45, 2.75) is 12.4 Å². The topological polar surface area (TPSA) is 92.5 Å². The molecule has 0 radical (unpaired) electrons. The maximum absolute atomic E-state index is 13.1. The number of benzene rings is 2. The van der Waals surface area contributed by atoms with E-state index in [1.54, 1.807) is 0 Å². The predicted octanol–water partition coefficient (Wildman–Crippen LogP) is 3.79. The predicted molar refractivity (Wildman–Crippen MR) is 73.9 cm³/mol. The summed E-state index contributed by atoms with van der Waals surface area (Å²) in [5.41, 5.74) is -6.07. The molecule has 0 saturated carbocycles. The van der Waals surface area contributed by atoms with Crippen LogP contribution in [-0.4, -0.2) is 10.9 Å². The third kappa shape index (κ3) is 4.27. The van der Waals surface area contributed by atoms with Gasteiger partial charge in [0.05, 0.1) is 22.0 Å². The van der Waals surface area contributed by atoms with Crippen LogP contribution in [0.2, 0.25) is 0 Å². The second kappa shape index (κ2) is 6.78. The fourth-order valence-electron chi connectivity index (χ4n) is 2.17. The molecule has 12 heteroatoms. The van der Waals surface area contributed by atoms with Crippen molar-refractivity contribution in [1.82, 2.24) is 0 Å². The van der Waals surface area contributed by atoms with Gasteiger partial charge in [-0.05, 0) is 24.3 Å². The lowest BCUT2D eigenvalue weighted by molar-refractivity contribution is -0.385. The maximum atomic E-state index is 13.1. The molecule has 0 aromatic heterocycles. The van der Waals surface area contributed by atoms with Gasteiger partial charge < -0.3 is 14.6 Å². The third-order valence-electron chi connectivity index (χ3n) is 3.23. The minimum Gasteiger partial charge on any atom is -0.545 e. The first-order valence-electron chi connectivity index (χ1n) is 6.77. The van der Waals surface area contributed by atoms with E-state index in [0.717, 1.165) is 6.07 Å². The van der Waals surface area contributed by atoms with Crippen LogP contribution in [0.1, 0.15) is 21.5 Å². The largest absolute Gasteiger partial charge is 0.545 e. The quantitative estimate of drug-likeness (QED) is 0.447. The number of carboxylic acids is 1. The number of alkyl halides is 6. The van der Waals surface area contributed by atoms with Crippen molar-refractivity contribution >= 4 is 11.7 Å². The van der Waals surface area contributed by atoms with Gasteiger partial charge in [-0.2, -0.15) is 26.3 Å². The van der Waals surface area contributed by atoms with Crippen LogP contribution in [-0.2, 0) is 12.4 Å². The standard InChI is InChI=1S/C15H7F6NO5/c16-14(17,18)9-2-1-3-11(12(9)15(19,20)21)27-7-4-5-10(22(25)26)8(6-7)13(23)24/h1-6H,(H,23,24)/p-1. The van der Waals surface area contributed by atoms with Crippen molar-refractivity contribution in [2.24, 2.45) is 0 Å². The minimum atomic E-state index is -5.45. The average Bonchev–Trinajstić information content (AvgIpc) is 2.52. The Morgan fingerprint density at radius 3 is 2.11 bits per heavy atom. The molecule has 144 valence electrons. The van der Waals surface area contributed by atoms with Crippen molar-refractivity contribution in [2.75, 3.05) is 0 Å². The van der Waals surface area contributed by atoms with Crippen molar-refractivity contribution < 1.29 is 45.9 Å². The summed E-state index contributed by atoms with van der Waals surface area (Å²) in [7, 11) is 0. The molecule has 6 nitrogen and oxygen atoms in total. The average molecular weight is 394 g/mol. The van der Waals surface area contributed by atoms with Gasteiger partial charge in [0.1, 0.15) is 17.1 Å². The van der Waals surface area contributed by atoms with Crippen molar-refractivity contribution in [3.05, 3.63) is 63.2 Å². The number of aromatic carboxylic acids is 1. The molecule has 0 atom stereocenters. The molecule has 0 fully saturated rings. The highest BCUT2D eigenvalue weighted by atomic mass is 19.4. The highest BCUT2D eigenvalue weighted by Gasteiger charge is 2.45. The number of nitrogens with zero attached hydrogens (tertiary/aromatic N) is 1. The van der Waals surface area contributed by atoms with Crippen molar-refractivity contribution in [1.29, 1.82) is 0 Å². The zero-order chi connectivity index (χ0) is 20.6. The monoisotopic (exact) mass is 394 g/mol. The molecule has 0 N–H and O–H groups in total. The molecule has 0 aliphatic heterocycles. The van der Waals surface area contributed by atoms with E-state index < -0.39 is 57.1 Å². The van der Waals surface area contributed by atoms with Gasteiger partial charge in [0.2, 0.25) is 0 Å². The SMILES string of the molecule is O=C([O-])c1cc(Oc2cccc(C(F)(F)F)c2C(F)(F)F)ccc1[N+](=O)[O-]. The van der Waals surface area contributed by atoms with Crippen LogP contribution in [0.4, 0.5) is 32.0 Å². The molecular weight excluding hydrogens is 388 g/mol. The molecule has 0 aliphatic rings. The van der Waals surface area contributed by atoms with Crippen molar-refractivity contribution in [3.63, 3.8) is 0 Å². The normalized spacial score (nSPS) is 11.9. The van der Waals surface area contributed by atoms with E-state index in [9.17, 15) is 46.4 Å². The fourth-order valence-corrected chi connectivity index (χ4v) is 2.17. The van der Waals surface area contributed by atoms with Gasteiger partial charge in [-0.3, -0.25) is 10.1 Å². The minimum absolute atomic E-state index is 0.206. The van der Waals surface area contributed by atoms with E-state index in [0.29, 0.717) is 24.3 Å². The van der Waals surface area contributed by atoms with Gasteiger partial charge in [0.25, 0.3) is 5.69 Å². The smallest absolute Gasteiger partial charge is 0.420 e. The first kappa shape index (κ1) is 20.0. The Kier molecular flexibility index (Phi) is 5.02. The third-order valence-corrected chi connectivity index (χ3v) is 3.23. The highest BCUT2D eigenvalue weighted by Crippen LogP contribution is 2.46. The van der Waals surface area contributed by atoms with Crippen molar-refractivity contribution in [3.8, 4) is 11.5 Å². The molecule has 0 heterocycles. The summed E-state index contributed by atoms with van der Waals surface area (Å²) in [6.07, 6.45) is -10.8. The van der Waals surface area contributed by atoms with Gasteiger partial charge in [-0.1, -0.05) is 6.07 Å². The van der Waals surface area contributed by atoms with Crippen LogP contribution in [0.15, 0.2) is 36.4 Å². The van der Waals surface area contributed by atoms with Crippen LogP contribution in [0.25, 0.3) is 0 Å². The molecule has 2 aromatic rings. The maximum Gasteiger partial charge on any atom is 0.420 e. The molecule has 0 saturated heterocycles. The first-order chi connectivity index (χ1) is 12.3. The van der Waals surface area contributed by atoms with Gasteiger partial charge >= 0.3 is 12.4 Å². The van der Waals surface area contributed by atoms with E-state index in [1.165, 1.54) is 0 Å². The summed E-state index contributed by atoms with van der Waals surface area (Å²) >= 11 is 0. The lowest BCUT2D eigenvalue weighted by atomic mass is 10.1. The molecule has 0 aliphatic carbocycles. The van der Waals surface area contributed by atoms with Gasteiger partial charge in [0.15, 0.2) is 0 Å².